The third kappa shape index (κ3) is 3.44. The number of piperidine rings is 1. The summed E-state index contributed by atoms with van der Waals surface area (Å²) in [6, 6.07) is 17.3. The minimum absolute atomic E-state index is 0.222. The second-order valence-corrected chi connectivity index (χ2v) is 8.92. The lowest BCUT2D eigenvalue weighted by molar-refractivity contribution is -0.123. The van der Waals surface area contributed by atoms with E-state index in [1.54, 1.807) is 7.11 Å². The molecule has 2 fully saturated rings. The van der Waals surface area contributed by atoms with Crippen LogP contribution in [-0.2, 0) is 16.6 Å². The molecule has 2 aromatic rings. The molecule has 2 atom stereocenters. The van der Waals surface area contributed by atoms with E-state index in [2.05, 4.69) is 40.5 Å². The number of nitrogens with zero attached hydrogens (tertiary/aromatic N) is 1. The Bertz CT molecular complexity index is 891. The number of hydrogen-bond acceptors (Lipinski definition) is 3. The van der Waals surface area contributed by atoms with Crippen molar-refractivity contribution in [1.29, 1.82) is 0 Å². The molecule has 1 saturated carbocycles. The number of carbonyl (C=O) groups excluding carboxylic acids is 1. The van der Waals surface area contributed by atoms with E-state index in [-0.39, 0.29) is 11.3 Å². The number of fused-ring (bicyclic) bond motifs is 3. The number of carbonyl (C=O) groups is 1. The van der Waals surface area contributed by atoms with Gasteiger partial charge in [-0.3, -0.25) is 9.69 Å². The van der Waals surface area contributed by atoms with Gasteiger partial charge in [-0.05, 0) is 73.4 Å². The van der Waals surface area contributed by atoms with Crippen molar-refractivity contribution in [2.24, 2.45) is 5.92 Å². The van der Waals surface area contributed by atoms with Crippen LogP contribution in [-0.4, -0.2) is 37.6 Å². The highest BCUT2D eigenvalue weighted by Crippen LogP contribution is 2.48. The SMILES string of the molecule is COc1ccc2c(c1)CCN1CCC(CNC(=O)C3(c4ccccc4)CC3)CC21. The third-order valence-corrected chi connectivity index (χ3v) is 7.26. The topological polar surface area (TPSA) is 41.6 Å². The molecule has 0 radical (unpaired) electrons. The highest BCUT2D eigenvalue weighted by molar-refractivity contribution is 5.91. The normalized spacial score (nSPS) is 24.9. The smallest absolute Gasteiger partial charge is 0.230 e. The Labute approximate surface area is 173 Å². The van der Waals surface area contributed by atoms with Gasteiger partial charge in [0.1, 0.15) is 5.75 Å². The zero-order valence-electron chi connectivity index (χ0n) is 17.2. The molecule has 5 rings (SSSR count). The van der Waals surface area contributed by atoms with Gasteiger partial charge in [-0.15, -0.1) is 0 Å². The Morgan fingerprint density at radius 3 is 2.76 bits per heavy atom. The van der Waals surface area contributed by atoms with Crippen molar-refractivity contribution in [2.45, 2.75) is 43.6 Å². The average Bonchev–Trinajstić information content (AvgIpc) is 3.59. The number of amides is 1. The molecule has 152 valence electrons. The summed E-state index contributed by atoms with van der Waals surface area (Å²) < 4.78 is 5.42. The van der Waals surface area contributed by atoms with E-state index in [9.17, 15) is 4.79 Å². The highest BCUT2D eigenvalue weighted by Gasteiger charge is 2.51. The fraction of sp³-hybridized carbons (Fsp3) is 0.480. The van der Waals surface area contributed by atoms with Crippen LogP contribution < -0.4 is 10.1 Å². The summed E-state index contributed by atoms with van der Waals surface area (Å²) in [6.45, 7) is 3.05. The van der Waals surface area contributed by atoms with Gasteiger partial charge in [-0.1, -0.05) is 36.4 Å². The lowest BCUT2D eigenvalue weighted by atomic mass is 9.82. The average molecular weight is 391 g/mol. The number of rotatable bonds is 5. The number of nitrogens with one attached hydrogen (secondary N) is 1. The predicted molar refractivity (Wildman–Crippen MR) is 114 cm³/mol. The molecule has 2 aliphatic heterocycles. The van der Waals surface area contributed by atoms with Crippen LogP contribution in [0.2, 0.25) is 0 Å². The van der Waals surface area contributed by atoms with Crippen LogP contribution in [0, 0.1) is 5.92 Å². The molecule has 1 amide bonds. The molecule has 1 N–H and O–H groups in total. The molecule has 4 nitrogen and oxygen atoms in total. The van der Waals surface area contributed by atoms with Crippen LogP contribution in [0.3, 0.4) is 0 Å². The van der Waals surface area contributed by atoms with Crippen molar-refractivity contribution in [3.8, 4) is 5.75 Å². The zero-order valence-corrected chi connectivity index (χ0v) is 17.2. The fourth-order valence-electron chi connectivity index (χ4n) is 5.31. The van der Waals surface area contributed by atoms with Gasteiger partial charge in [0, 0.05) is 19.1 Å². The quantitative estimate of drug-likeness (QED) is 0.843. The van der Waals surface area contributed by atoms with Crippen LogP contribution >= 0.6 is 0 Å². The van der Waals surface area contributed by atoms with Gasteiger partial charge in [0.25, 0.3) is 0 Å². The predicted octanol–water partition coefficient (Wildman–Crippen LogP) is 3.85. The third-order valence-electron chi connectivity index (χ3n) is 7.26. The Balaban J connectivity index is 1.24. The maximum absolute atomic E-state index is 13.0. The van der Waals surface area contributed by atoms with E-state index in [1.165, 1.54) is 23.1 Å². The molecular formula is C25H30N2O2. The largest absolute Gasteiger partial charge is 0.497 e. The van der Waals surface area contributed by atoms with E-state index >= 15 is 0 Å². The molecule has 2 aromatic carbocycles. The molecule has 1 saturated heterocycles. The Morgan fingerprint density at radius 2 is 2.00 bits per heavy atom. The van der Waals surface area contributed by atoms with Crippen LogP contribution in [0.25, 0.3) is 0 Å². The standard InChI is InChI=1S/C25H30N2O2/c1-29-21-7-8-22-19(16-21)10-14-27-13-9-18(15-23(22)27)17-26-24(28)25(11-12-25)20-5-3-2-4-6-20/h2-8,16,18,23H,9-15,17H2,1H3,(H,26,28). The van der Waals surface area contributed by atoms with Gasteiger partial charge < -0.3 is 10.1 Å². The van der Waals surface area contributed by atoms with E-state index in [1.807, 2.05) is 18.2 Å². The highest BCUT2D eigenvalue weighted by atomic mass is 16.5. The van der Waals surface area contributed by atoms with E-state index in [0.29, 0.717) is 12.0 Å². The first kappa shape index (κ1) is 18.7. The van der Waals surface area contributed by atoms with Crippen molar-refractivity contribution in [3.05, 3.63) is 65.2 Å². The van der Waals surface area contributed by atoms with E-state index < -0.39 is 0 Å². The molecule has 1 aliphatic carbocycles. The summed E-state index contributed by atoms with van der Waals surface area (Å²) in [7, 11) is 1.73. The zero-order chi connectivity index (χ0) is 19.8. The van der Waals surface area contributed by atoms with Gasteiger partial charge in [-0.25, -0.2) is 0 Å². The maximum atomic E-state index is 13.0. The van der Waals surface area contributed by atoms with Crippen molar-refractivity contribution in [1.82, 2.24) is 10.2 Å². The van der Waals surface area contributed by atoms with E-state index in [0.717, 1.165) is 51.1 Å². The van der Waals surface area contributed by atoms with Crippen molar-refractivity contribution >= 4 is 5.91 Å². The lowest BCUT2D eigenvalue weighted by Crippen LogP contribution is -2.45. The molecule has 0 aromatic heterocycles. The Morgan fingerprint density at radius 1 is 1.17 bits per heavy atom. The van der Waals surface area contributed by atoms with Crippen LogP contribution in [0.4, 0.5) is 0 Å². The number of ether oxygens (including phenoxy) is 1. The first-order valence-corrected chi connectivity index (χ1v) is 10.9. The minimum Gasteiger partial charge on any atom is -0.497 e. The number of benzene rings is 2. The number of hydrogen-bond donors (Lipinski definition) is 1. The van der Waals surface area contributed by atoms with E-state index in [4.69, 9.17) is 4.74 Å². The fourth-order valence-corrected chi connectivity index (χ4v) is 5.31. The molecule has 29 heavy (non-hydrogen) atoms. The van der Waals surface area contributed by atoms with Gasteiger partial charge in [0.05, 0.1) is 12.5 Å². The molecule has 4 heteroatoms. The Kier molecular flexibility index (Phi) is 4.83. The monoisotopic (exact) mass is 390 g/mol. The van der Waals surface area contributed by atoms with Crippen LogP contribution in [0.1, 0.15) is 48.4 Å². The van der Waals surface area contributed by atoms with Crippen molar-refractivity contribution < 1.29 is 9.53 Å². The summed E-state index contributed by atoms with van der Waals surface area (Å²) in [4.78, 5) is 15.6. The molecule has 3 aliphatic rings. The summed E-state index contributed by atoms with van der Waals surface area (Å²) in [5.41, 5.74) is 3.78. The van der Waals surface area contributed by atoms with Gasteiger partial charge in [0.15, 0.2) is 0 Å². The first-order valence-electron chi connectivity index (χ1n) is 10.9. The number of methoxy groups -OCH3 is 1. The maximum Gasteiger partial charge on any atom is 0.230 e. The van der Waals surface area contributed by atoms with Gasteiger partial charge in [0.2, 0.25) is 5.91 Å². The minimum atomic E-state index is -0.268. The van der Waals surface area contributed by atoms with Crippen LogP contribution in [0.5, 0.6) is 5.75 Å². The first-order chi connectivity index (χ1) is 14.2. The summed E-state index contributed by atoms with van der Waals surface area (Å²) in [5, 5.41) is 3.31. The second-order valence-electron chi connectivity index (χ2n) is 8.92. The van der Waals surface area contributed by atoms with Crippen molar-refractivity contribution in [3.63, 3.8) is 0 Å². The van der Waals surface area contributed by atoms with Gasteiger partial charge >= 0.3 is 0 Å². The molecule has 0 spiro atoms. The summed E-state index contributed by atoms with van der Waals surface area (Å²) in [5.74, 6) is 1.72. The van der Waals surface area contributed by atoms with Crippen LogP contribution in [0.15, 0.2) is 48.5 Å². The van der Waals surface area contributed by atoms with Gasteiger partial charge in [-0.2, -0.15) is 0 Å². The Hall–Kier alpha value is -2.33. The second kappa shape index (κ2) is 7.49. The molecule has 0 bridgehead atoms. The summed E-state index contributed by atoms with van der Waals surface area (Å²) in [6.07, 6.45) is 5.33. The molecule has 2 unspecified atom stereocenters. The lowest BCUT2D eigenvalue weighted by Gasteiger charge is -2.43. The summed E-state index contributed by atoms with van der Waals surface area (Å²) >= 11 is 0. The van der Waals surface area contributed by atoms with Crippen molar-refractivity contribution in [2.75, 3.05) is 26.7 Å². The molecular weight excluding hydrogens is 360 g/mol. The molecule has 2 heterocycles.